The molecule has 1 saturated carbocycles. The molecule has 4 heteroatoms. The molecule has 0 saturated heterocycles. The normalized spacial score (nSPS) is 19.6. The molecule has 1 aliphatic rings. The summed E-state index contributed by atoms with van der Waals surface area (Å²) in [4.78, 5) is 12.7. The van der Waals surface area contributed by atoms with Crippen molar-refractivity contribution in [1.82, 2.24) is 10.2 Å². The lowest BCUT2D eigenvalue weighted by Crippen LogP contribution is -2.58. The predicted molar refractivity (Wildman–Crippen MR) is 45.9 cm³/mol. The van der Waals surface area contributed by atoms with E-state index in [4.69, 9.17) is 5.11 Å². The fourth-order valence-electron chi connectivity index (χ4n) is 1.26. The molecule has 0 atom stereocenters. The molecular formula is C8H16N2O2. The van der Waals surface area contributed by atoms with Gasteiger partial charge >= 0.3 is 6.03 Å². The van der Waals surface area contributed by atoms with Crippen molar-refractivity contribution < 1.29 is 9.90 Å². The number of aliphatic hydroxyl groups excluding tert-OH is 1. The van der Waals surface area contributed by atoms with Gasteiger partial charge in [-0.3, -0.25) is 0 Å². The van der Waals surface area contributed by atoms with E-state index < -0.39 is 0 Å². The van der Waals surface area contributed by atoms with Gasteiger partial charge in [0.15, 0.2) is 0 Å². The van der Waals surface area contributed by atoms with E-state index in [1.807, 2.05) is 0 Å². The summed E-state index contributed by atoms with van der Waals surface area (Å²) in [5.74, 6) is 0. The van der Waals surface area contributed by atoms with Crippen LogP contribution in [-0.2, 0) is 0 Å². The van der Waals surface area contributed by atoms with Crippen molar-refractivity contribution in [1.29, 1.82) is 0 Å². The Balaban J connectivity index is 2.43. The Morgan fingerprint density at radius 2 is 2.17 bits per heavy atom. The molecule has 0 heterocycles. The van der Waals surface area contributed by atoms with Gasteiger partial charge in [0, 0.05) is 14.1 Å². The van der Waals surface area contributed by atoms with Gasteiger partial charge in [-0.15, -0.1) is 0 Å². The van der Waals surface area contributed by atoms with E-state index in [0.29, 0.717) is 0 Å². The van der Waals surface area contributed by atoms with Crippen molar-refractivity contribution in [2.24, 2.45) is 0 Å². The average Bonchev–Trinajstić information content (AvgIpc) is 1.96. The molecule has 0 radical (unpaired) electrons. The third-order valence-corrected chi connectivity index (χ3v) is 2.39. The maximum absolute atomic E-state index is 11.2. The molecule has 2 amide bonds. The SMILES string of the molecule is CN(C)C(=O)NC1(CO)CCC1. The third kappa shape index (κ3) is 1.69. The fourth-order valence-corrected chi connectivity index (χ4v) is 1.26. The minimum atomic E-state index is -0.318. The second-order valence-corrected chi connectivity index (χ2v) is 3.62. The van der Waals surface area contributed by atoms with Crippen molar-refractivity contribution in [2.45, 2.75) is 24.8 Å². The molecule has 12 heavy (non-hydrogen) atoms. The topological polar surface area (TPSA) is 52.6 Å². The molecule has 0 unspecified atom stereocenters. The van der Waals surface area contributed by atoms with Gasteiger partial charge in [-0.25, -0.2) is 4.79 Å². The number of amides is 2. The maximum Gasteiger partial charge on any atom is 0.317 e. The van der Waals surface area contributed by atoms with Gasteiger partial charge in [-0.05, 0) is 19.3 Å². The minimum Gasteiger partial charge on any atom is -0.394 e. The highest BCUT2D eigenvalue weighted by molar-refractivity contribution is 5.74. The maximum atomic E-state index is 11.2. The lowest BCUT2D eigenvalue weighted by Gasteiger charge is -2.41. The van der Waals surface area contributed by atoms with Crippen LogP contribution in [-0.4, -0.2) is 42.3 Å². The van der Waals surface area contributed by atoms with Crippen LogP contribution in [0.2, 0.25) is 0 Å². The number of carbonyl (C=O) groups is 1. The number of hydrogen-bond acceptors (Lipinski definition) is 2. The molecule has 1 rings (SSSR count). The molecule has 0 aromatic heterocycles. The van der Waals surface area contributed by atoms with Crippen molar-refractivity contribution in [3.05, 3.63) is 0 Å². The van der Waals surface area contributed by atoms with Crippen LogP contribution < -0.4 is 5.32 Å². The monoisotopic (exact) mass is 172 g/mol. The molecule has 0 aromatic carbocycles. The molecule has 0 aliphatic heterocycles. The standard InChI is InChI=1S/C8H16N2O2/c1-10(2)7(12)9-8(6-11)4-3-5-8/h11H,3-6H2,1-2H3,(H,9,12). The first-order valence-electron chi connectivity index (χ1n) is 4.20. The number of urea groups is 1. The van der Waals surface area contributed by atoms with E-state index in [-0.39, 0.29) is 18.2 Å². The smallest absolute Gasteiger partial charge is 0.317 e. The molecule has 4 nitrogen and oxygen atoms in total. The van der Waals surface area contributed by atoms with Crippen molar-refractivity contribution >= 4 is 6.03 Å². The van der Waals surface area contributed by atoms with Gasteiger partial charge in [0.25, 0.3) is 0 Å². The predicted octanol–water partition coefficient (Wildman–Crippen LogP) is 0.173. The average molecular weight is 172 g/mol. The highest BCUT2D eigenvalue weighted by Crippen LogP contribution is 2.31. The largest absolute Gasteiger partial charge is 0.394 e. The van der Waals surface area contributed by atoms with Gasteiger partial charge in [0.1, 0.15) is 0 Å². The van der Waals surface area contributed by atoms with Crippen molar-refractivity contribution in [3.8, 4) is 0 Å². The molecule has 70 valence electrons. The molecule has 2 N–H and O–H groups in total. The van der Waals surface area contributed by atoms with E-state index in [2.05, 4.69) is 5.32 Å². The Hall–Kier alpha value is -0.770. The van der Waals surface area contributed by atoms with Crippen molar-refractivity contribution in [3.63, 3.8) is 0 Å². The van der Waals surface area contributed by atoms with Crippen LogP contribution >= 0.6 is 0 Å². The van der Waals surface area contributed by atoms with Crippen LogP contribution in [0.1, 0.15) is 19.3 Å². The zero-order valence-electron chi connectivity index (χ0n) is 7.63. The summed E-state index contributed by atoms with van der Waals surface area (Å²) in [6, 6.07) is -0.122. The van der Waals surface area contributed by atoms with Crippen LogP contribution in [0.5, 0.6) is 0 Å². The second-order valence-electron chi connectivity index (χ2n) is 3.62. The van der Waals surface area contributed by atoms with E-state index in [1.165, 1.54) is 4.90 Å². The van der Waals surface area contributed by atoms with E-state index in [9.17, 15) is 4.79 Å². The summed E-state index contributed by atoms with van der Waals surface area (Å²) in [7, 11) is 3.39. The Kier molecular flexibility index (Phi) is 2.57. The first-order valence-corrected chi connectivity index (χ1v) is 4.20. The van der Waals surface area contributed by atoms with E-state index in [1.54, 1.807) is 14.1 Å². The molecule has 1 fully saturated rings. The Morgan fingerprint density at radius 3 is 2.42 bits per heavy atom. The van der Waals surface area contributed by atoms with E-state index >= 15 is 0 Å². The number of carbonyl (C=O) groups excluding carboxylic acids is 1. The van der Waals surface area contributed by atoms with Gasteiger partial charge in [0.2, 0.25) is 0 Å². The molecule has 0 bridgehead atoms. The van der Waals surface area contributed by atoms with E-state index in [0.717, 1.165) is 19.3 Å². The Bertz CT molecular complexity index is 170. The lowest BCUT2D eigenvalue weighted by atomic mass is 9.77. The van der Waals surface area contributed by atoms with Gasteiger partial charge in [-0.2, -0.15) is 0 Å². The Morgan fingerprint density at radius 1 is 1.58 bits per heavy atom. The zero-order chi connectivity index (χ0) is 9.19. The number of hydrogen-bond donors (Lipinski definition) is 2. The molecule has 0 spiro atoms. The third-order valence-electron chi connectivity index (χ3n) is 2.39. The van der Waals surface area contributed by atoms with Gasteiger partial charge in [0.05, 0.1) is 12.1 Å². The molecule has 1 aliphatic carbocycles. The van der Waals surface area contributed by atoms with Crippen LogP contribution in [0.25, 0.3) is 0 Å². The summed E-state index contributed by atoms with van der Waals surface area (Å²) in [6.07, 6.45) is 2.88. The summed E-state index contributed by atoms with van der Waals surface area (Å²) >= 11 is 0. The highest BCUT2D eigenvalue weighted by atomic mass is 16.3. The zero-order valence-corrected chi connectivity index (χ0v) is 7.63. The summed E-state index contributed by atoms with van der Waals surface area (Å²) in [5.41, 5.74) is -0.318. The van der Waals surface area contributed by atoms with Crippen molar-refractivity contribution in [2.75, 3.05) is 20.7 Å². The number of rotatable bonds is 2. The Labute approximate surface area is 72.6 Å². The van der Waals surface area contributed by atoms with Crippen LogP contribution in [0.3, 0.4) is 0 Å². The lowest BCUT2D eigenvalue weighted by molar-refractivity contribution is 0.0907. The summed E-state index contributed by atoms with van der Waals surface area (Å²) < 4.78 is 0. The van der Waals surface area contributed by atoms with Crippen LogP contribution in [0.15, 0.2) is 0 Å². The minimum absolute atomic E-state index is 0.0482. The molecular weight excluding hydrogens is 156 g/mol. The first-order chi connectivity index (χ1) is 5.59. The van der Waals surface area contributed by atoms with Gasteiger partial charge in [-0.1, -0.05) is 0 Å². The summed E-state index contributed by atoms with van der Waals surface area (Å²) in [5, 5.41) is 11.8. The number of nitrogens with one attached hydrogen (secondary N) is 1. The first kappa shape index (κ1) is 9.32. The second kappa shape index (κ2) is 3.31. The van der Waals surface area contributed by atoms with Gasteiger partial charge < -0.3 is 15.3 Å². The number of nitrogens with zero attached hydrogens (tertiary/aromatic N) is 1. The quantitative estimate of drug-likeness (QED) is 0.624. The molecule has 0 aromatic rings. The number of aliphatic hydroxyl groups is 1. The highest BCUT2D eigenvalue weighted by Gasteiger charge is 2.37. The fraction of sp³-hybridized carbons (Fsp3) is 0.875. The van der Waals surface area contributed by atoms with Crippen LogP contribution in [0.4, 0.5) is 4.79 Å². The summed E-state index contributed by atoms with van der Waals surface area (Å²) in [6.45, 7) is 0.0482. The van der Waals surface area contributed by atoms with Crippen LogP contribution in [0, 0.1) is 0 Å².